The molecule has 0 aromatic heterocycles. The average Bonchev–Trinajstić information content (AvgIpc) is 3.28. The lowest BCUT2D eigenvalue weighted by atomic mass is 9.88. The number of rotatable bonds is 11. The van der Waals surface area contributed by atoms with Gasteiger partial charge in [-0.2, -0.15) is 0 Å². The summed E-state index contributed by atoms with van der Waals surface area (Å²) in [6.07, 6.45) is -2.09. The molecule has 1 heterocycles. The Balaban J connectivity index is 1.52. The van der Waals surface area contributed by atoms with Crippen LogP contribution in [0.5, 0.6) is 0 Å². The van der Waals surface area contributed by atoms with E-state index in [4.69, 9.17) is 41.8 Å². The zero-order valence-electron chi connectivity index (χ0n) is 25.6. The van der Waals surface area contributed by atoms with E-state index in [0.29, 0.717) is 10.0 Å². The second-order valence-electron chi connectivity index (χ2n) is 12.4. The number of aliphatic hydroxyl groups is 1. The van der Waals surface area contributed by atoms with Crippen LogP contribution in [0.2, 0.25) is 15.1 Å². The topological polar surface area (TPSA) is 57.2 Å². The van der Waals surface area contributed by atoms with Crippen molar-refractivity contribution in [2.45, 2.75) is 62.9 Å². The van der Waals surface area contributed by atoms with Crippen molar-refractivity contribution in [2.75, 3.05) is 13.7 Å². The highest BCUT2D eigenvalue weighted by Gasteiger charge is 2.58. The van der Waals surface area contributed by atoms with Gasteiger partial charge in [0.25, 0.3) is 8.32 Å². The number of halogens is 2. The van der Waals surface area contributed by atoms with Crippen LogP contribution in [0, 0.1) is 0 Å². The Kier molecular flexibility index (Phi) is 10.3. The molecular weight excluding hydrogens is 611 g/mol. The molecule has 1 saturated heterocycles. The van der Waals surface area contributed by atoms with Gasteiger partial charge >= 0.3 is 0 Å². The van der Waals surface area contributed by atoms with Gasteiger partial charge in [-0.3, -0.25) is 0 Å². The minimum Gasteiger partial charge on any atom is -0.405 e. The Labute approximate surface area is 271 Å². The molecule has 4 aromatic carbocycles. The van der Waals surface area contributed by atoms with E-state index in [-0.39, 0.29) is 24.7 Å². The number of ether oxygens (including phenoxy) is 3. The summed E-state index contributed by atoms with van der Waals surface area (Å²) >= 11 is 12.3. The molecular formula is C36H40Cl2O5Si. The van der Waals surface area contributed by atoms with Crippen molar-refractivity contribution in [2.24, 2.45) is 0 Å². The summed E-state index contributed by atoms with van der Waals surface area (Å²) in [5.74, 6) is 0. The van der Waals surface area contributed by atoms with Crippen LogP contribution >= 0.6 is 23.2 Å². The first-order chi connectivity index (χ1) is 21.1. The molecule has 4 aromatic rings. The second-order valence-corrected chi connectivity index (χ2v) is 17.5. The van der Waals surface area contributed by atoms with Crippen molar-refractivity contribution < 1.29 is 23.7 Å². The van der Waals surface area contributed by atoms with Crippen LogP contribution in [0.1, 0.15) is 31.9 Å². The van der Waals surface area contributed by atoms with E-state index in [1.807, 2.05) is 60.7 Å². The molecule has 5 rings (SSSR count). The summed E-state index contributed by atoms with van der Waals surface area (Å²) < 4.78 is 26.0. The maximum Gasteiger partial charge on any atom is 0.261 e. The fraction of sp³-hybridized carbons (Fsp3) is 0.333. The van der Waals surface area contributed by atoms with E-state index in [9.17, 15) is 5.11 Å². The van der Waals surface area contributed by atoms with Crippen LogP contribution in [-0.4, -0.2) is 51.2 Å². The van der Waals surface area contributed by atoms with Crippen LogP contribution in [0.15, 0.2) is 109 Å². The summed E-state index contributed by atoms with van der Waals surface area (Å²) in [6, 6.07) is 35.8. The van der Waals surface area contributed by atoms with Crippen molar-refractivity contribution in [1.29, 1.82) is 0 Å². The van der Waals surface area contributed by atoms with Gasteiger partial charge < -0.3 is 23.7 Å². The first-order valence-electron chi connectivity index (χ1n) is 14.8. The smallest absolute Gasteiger partial charge is 0.261 e. The minimum atomic E-state index is -2.89. The minimum absolute atomic E-state index is 0.196. The first kappa shape index (κ1) is 32.9. The van der Waals surface area contributed by atoms with E-state index in [1.54, 1.807) is 7.11 Å². The normalized spacial score (nSPS) is 22.3. The fourth-order valence-corrected chi connectivity index (χ4v) is 11.1. The van der Waals surface area contributed by atoms with E-state index in [0.717, 1.165) is 21.5 Å². The summed E-state index contributed by atoms with van der Waals surface area (Å²) in [7, 11) is -1.35. The van der Waals surface area contributed by atoms with Crippen LogP contribution in [0.3, 0.4) is 0 Å². The molecule has 1 N–H and O–H groups in total. The average molecular weight is 652 g/mol. The molecule has 8 heteroatoms. The molecule has 232 valence electrons. The predicted octanol–water partition coefficient (Wildman–Crippen LogP) is 6.80. The molecule has 0 aliphatic carbocycles. The zero-order valence-corrected chi connectivity index (χ0v) is 28.1. The van der Waals surface area contributed by atoms with E-state index < -0.39 is 32.4 Å². The molecule has 0 saturated carbocycles. The lowest BCUT2D eigenvalue weighted by Gasteiger charge is -2.43. The van der Waals surface area contributed by atoms with Gasteiger partial charge in [0.05, 0.1) is 13.2 Å². The zero-order chi connectivity index (χ0) is 31.4. The second kappa shape index (κ2) is 13.9. The molecule has 0 spiro atoms. The molecule has 1 aliphatic heterocycles. The Morgan fingerprint density at radius 1 is 0.773 bits per heavy atom. The fourth-order valence-electron chi connectivity index (χ4n) is 6.29. The SMILES string of the molecule is COC1O[C@H](CO[Si](c2ccccc2)(c2ccccc2)C(C)(C)C)[C@@H](OCc2ccc(Cl)cc2)[C@]1(O)Cc1ccc(Cl)cc1. The van der Waals surface area contributed by atoms with Gasteiger partial charge in [-0.15, -0.1) is 0 Å². The summed E-state index contributed by atoms with van der Waals surface area (Å²) in [4.78, 5) is 0. The first-order valence-corrected chi connectivity index (χ1v) is 17.5. The van der Waals surface area contributed by atoms with Crippen LogP contribution in [-0.2, 0) is 31.7 Å². The number of hydrogen-bond donors (Lipinski definition) is 1. The Bertz CT molecular complexity index is 1440. The highest BCUT2D eigenvalue weighted by atomic mass is 35.5. The third-order valence-corrected chi connectivity index (χ3v) is 13.9. The van der Waals surface area contributed by atoms with Crippen molar-refractivity contribution >= 4 is 41.9 Å². The third-order valence-electron chi connectivity index (χ3n) is 8.38. The maximum atomic E-state index is 12.4. The van der Waals surface area contributed by atoms with Gasteiger partial charge in [0.2, 0.25) is 0 Å². The quantitative estimate of drug-likeness (QED) is 0.181. The lowest BCUT2D eigenvalue weighted by Crippen LogP contribution is -2.67. The molecule has 1 aliphatic rings. The molecule has 4 atom stereocenters. The number of methoxy groups -OCH3 is 1. The summed E-state index contributed by atoms with van der Waals surface area (Å²) in [5.41, 5.74) is 0.307. The largest absolute Gasteiger partial charge is 0.405 e. The molecule has 0 radical (unpaired) electrons. The van der Waals surface area contributed by atoms with Gasteiger partial charge in [0.15, 0.2) is 6.29 Å². The summed E-state index contributed by atoms with van der Waals surface area (Å²) in [5, 5.41) is 15.7. The number of hydrogen-bond acceptors (Lipinski definition) is 5. The van der Waals surface area contributed by atoms with Crippen LogP contribution in [0.25, 0.3) is 0 Å². The van der Waals surface area contributed by atoms with E-state index >= 15 is 0 Å². The van der Waals surface area contributed by atoms with Crippen LogP contribution in [0.4, 0.5) is 0 Å². The standard InChI is InChI=1S/C36H40Cl2O5Si/c1-35(2,3)44(30-11-7-5-8-12-30,31-13-9-6-10-14-31)42-25-32-33(41-24-27-17-21-29(38)22-18-27)36(39,34(40-4)43-32)23-26-15-19-28(37)20-16-26/h5-22,32-34,39H,23-25H2,1-4H3/t32-,33-,34?,36-/m1/s1. The molecule has 44 heavy (non-hydrogen) atoms. The lowest BCUT2D eigenvalue weighted by molar-refractivity contribution is -0.196. The highest BCUT2D eigenvalue weighted by molar-refractivity contribution is 6.99. The molecule has 5 nitrogen and oxygen atoms in total. The Morgan fingerprint density at radius 3 is 1.75 bits per heavy atom. The van der Waals surface area contributed by atoms with E-state index in [2.05, 4.69) is 69.3 Å². The maximum absolute atomic E-state index is 12.4. The predicted molar refractivity (Wildman–Crippen MR) is 179 cm³/mol. The highest BCUT2D eigenvalue weighted by Crippen LogP contribution is 2.41. The molecule has 1 fully saturated rings. The van der Waals surface area contributed by atoms with E-state index in [1.165, 1.54) is 0 Å². The van der Waals surface area contributed by atoms with Gasteiger partial charge in [-0.05, 0) is 50.8 Å². The number of benzene rings is 4. The van der Waals surface area contributed by atoms with Gasteiger partial charge in [0, 0.05) is 23.6 Å². The monoisotopic (exact) mass is 650 g/mol. The Morgan fingerprint density at radius 2 is 1.27 bits per heavy atom. The van der Waals surface area contributed by atoms with Crippen LogP contribution < -0.4 is 10.4 Å². The van der Waals surface area contributed by atoms with Crippen molar-refractivity contribution in [1.82, 2.24) is 0 Å². The van der Waals surface area contributed by atoms with Crippen molar-refractivity contribution in [3.05, 3.63) is 130 Å². The van der Waals surface area contributed by atoms with Gasteiger partial charge in [-0.1, -0.05) is 129 Å². The summed E-state index contributed by atoms with van der Waals surface area (Å²) in [6.45, 7) is 7.15. The third kappa shape index (κ3) is 6.83. The Hall–Kier alpha value is -2.52. The van der Waals surface area contributed by atoms with Gasteiger partial charge in [0.1, 0.15) is 17.8 Å². The van der Waals surface area contributed by atoms with Crippen molar-refractivity contribution in [3.8, 4) is 0 Å². The molecule has 0 bridgehead atoms. The molecule has 0 amide bonds. The van der Waals surface area contributed by atoms with Gasteiger partial charge in [-0.25, -0.2) is 0 Å². The van der Waals surface area contributed by atoms with Crippen molar-refractivity contribution in [3.63, 3.8) is 0 Å². The molecule has 1 unspecified atom stereocenters.